The molecule has 0 bridgehead atoms. The topological polar surface area (TPSA) is 207 Å². The van der Waals surface area contributed by atoms with Crippen molar-refractivity contribution in [1.29, 1.82) is 0 Å². The summed E-state index contributed by atoms with van der Waals surface area (Å²) < 4.78 is 16.6. The fourth-order valence-corrected chi connectivity index (χ4v) is 4.58. The summed E-state index contributed by atoms with van der Waals surface area (Å²) >= 11 is 0. The first-order valence-corrected chi connectivity index (χ1v) is 16.3. The van der Waals surface area contributed by atoms with Gasteiger partial charge in [0, 0.05) is 25.3 Å². The van der Waals surface area contributed by atoms with Gasteiger partial charge in [0.1, 0.15) is 37.7 Å². The normalized spacial score (nSPS) is 11.4. The van der Waals surface area contributed by atoms with Gasteiger partial charge in [-0.15, -0.1) is 0 Å². The number of aromatic nitrogens is 2. The zero-order valence-corrected chi connectivity index (χ0v) is 28.8. The number of benzene rings is 2. The molecule has 16 heteroatoms. The minimum Gasteiger partial charge on any atom is -0.480 e. The maximum Gasteiger partial charge on any atom is 0.413 e. The van der Waals surface area contributed by atoms with Crippen LogP contribution < -0.4 is 21.6 Å². The predicted octanol–water partition coefficient (Wildman–Crippen LogP) is 3.90. The summed E-state index contributed by atoms with van der Waals surface area (Å²) in [6.07, 6.45) is 0.301. The number of anilines is 1. The smallest absolute Gasteiger partial charge is 0.413 e. The summed E-state index contributed by atoms with van der Waals surface area (Å²) in [5.41, 5.74) is -0.0881. The molecule has 3 rings (SSSR count). The first kappa shape index (κ1) is 39.5. The van der Waals surface area contributed by atoms with Crippen LogP contribution in [0.4, 0.5) is 20.2 Å². The van der Waals surface area contributed by atoms with Gasteiger partial charge in [-0.05, 0) is 57.2 Å². The summed E-state index contributed by atoms with van der Waals surface area (Å²) in [4.78, 5) is 79.4. The molecule has 4 N–H and O–H groups in total. The third-order valence-electron chi connectivity index (χ3n) is 6.92. The molecule has 0 aliphatic rings. The van der Waals surface area contributed by atoms with Crippen molar-refractivity contribution in [1.82, 2.24) is 25.1 Å². The molecular formula is C35H44N6O10. The average Bonchev–Trinajstić information content (AvgIpc) is 3.07. The van der Waals surface area contributed by atoms with E-state index in [1.54, 1.807) is 45.0 Å². The Morgan fingerprint density at radius 1 is 0.863 bits per heavy atom. The van der Waals surface area contributed by atoms with Gasteiger partial charge in [-0.2, -0.15) is 4.98 Å². The number of hydrogen-bond acceptors (Lipinski definition) is 10. The van der Waals surface area contributed by atoms with E-state index in [4.69, 9.17) is 14.2 Å². The fraction of sp³-hybridized carbons (Fsp3) is 0.400. The number of carbonyl (C=O) groups is 5. The number of carbonyl (C=O) groups excluding carboxylic acids is 4. The molecule has 0 saturated carbocycles. The van der Waals surface area contributed by atoms with Crippen molar-refractivity contribution in [2.75, 3.05) is 25.0 Å². The van der Waals surface area contributed by atoms with Crippen molar-refractivity contribution >= 4 is 36.0 Å². The lowest BCUT2D eigenvalue weighted by Gasteiger charge is -2.28. The van der Waals surface area contributed by atoms with E-state index in [1.165, 1.54) is 12.3 Å². The van der Waals surface area contributed by atoms with E-state index in [0.29, 0.717) is 19.3 Å². The van der Waals surface area contributed by atoms with E-state index in [9.17, 15) is 33.9 Å². The van der Waals surface area contributed by atoms with E-state index in [-0.39, 0.29) is 32.1 Å². The Labute approximate surface area is 295 Å². The van der Waals surface area contributed by atoms with Gasteiger partial charge in [0.15, 0.2) is 0 Å². The van der Waals surface area contributed by atoms with Crippen molar-refractivity contribution in [3.05, 3.63) is 94.5 Å². The lowest BCUT2D eigenvalue weighted by molar-refractivity contribution is -0.145. The molecule has 1 atom stereocenters. The van der Waals surface area contributed by atoms with Gasteiger partial charge >= 0.3 is 29.9 Å². The van der Waals surface area contributed by atoms with Crippen LogP contribution in [0.5, 0.6) is 0 Å². The van der Waals surface area contributed by atoms with Crippen LogP contribution in [0.25, 0.3) is 0 Å². The van der Waals surface area contributed by atoms with E-state index in [2.05, 4.69) is 20.9 Å². The third kappa shape index (κ3) is 15.9. The van der Waals surface area contributed by atoms with Crippen LogP contribution in [0, 0.1) is 0 Å². The standard InChI is InChI=1S/C35H44N6O10/c1-35(2,3)51-34(48)37-27(16-10-11-18-36-32(46)49-23-25-12-6-4-7-13-25)20-41(22-30(43)44)29(42)21-40-19-17-28(38-31(40)45)39-33(47)50-24-26-14-8-5-9-15-26/h4-9,12-15,17,19,27H,10-11,16,18,20-24H2,1-3H3,(H,36,46)(H,37,48)(H,43,44)(H,38,39,45,47). The van der Waals surface area contributed by atoms with Gasteiger partial charge in [0.05, 0.1) is 0 Å². The van der Waals surface area contributed by atoms with Crippen molar-refractivity contribution in [2.24, 2.45) is 0 Å². The molecule has 2 aromatic carbocycles. The number of carboxylic acids is 1. The fourth-order valence-electron chi connectivity index (χ4n) is 4.58. The van der Waals surface area contributed by atoms with E-state index >= 15 is 0 Å². The Morgan fingerprint density at radius 2 is 1.47 bits per heavy atom. The van der Waals surface area contributed by atoms with E-state index < -0.39 is 60.6 Å². The maximum atomic E-state index is 13.3. The van der Waals surface area contributed by atoms with Gasteiger partial charge in [-0.3, -0.25) is 19.5 Å². The zero-order valence-electron chi connectivity index (χ0n) is 28.8. The minimum atomic E-state index is -1.31. The number of hydrogen-bond donors (Lipinski definition) is 4. The molecule has 0 radical (unpaired) electrons. The number of nitrogens with one attached hydrogen (secondary N) is 3. The highest BCUT2D eigenvalue weighted by Gasteiger charge is 2.25. The average molecular weight is 709 g/mol. The molecule has 1 aromatic heterocycles. The number of ether oxygens (including phenoxy) is 3. The van der Waals surface area contributed by atoms with Gasteiger partial charge in [0.25, 0.3) is 0 Å². The molecule has 0 spiro atoms. The van der Waals surface area contributed by atoms with Crippen LogP contribution in [0.15, 0.2) is 77.7 Å². The van der Waals surface area contributed by atoms with Crippen molar-refractivity contribution < 1.29 is 43.3 Å². The molecule has 3 aromatic rings. The summed E-state index contributed by atoms with van der Waals surface area (Å²) in [5.74, 6) is -2.15. The van der Waals surface area contributed by atoms with Crippen molar-refractivity contribution in [3.63, 3.8) is 0 Å². The molecule has 1 heterocycles. The molecule has 4 amide bonds. The molecule has 274 valence electrons. The third-order valence-corrected chi connectivity index (χ3v) is 6.92. The highest BCUT2D eigenvalue weighted by Crippen LogP contribution is 2.11. The quantitative estimate of drug-likeness (QED) is 0.117. The number of amides is 4. The Balaban J connectivity index is 1.58. The number of alkyl carbamates (subject to hydrolysis) is 2. The Morgan fingerprint density at radius 3 is 2.04 bits per heavy atom. The Bertz CT molecular complexity index is 1660. The van der Waals surface area contributed by atoms with Crippen LogP contribution in [-0.4, -0.2) is 81.0 Å². The Hall–Kier alpha value is -5.93. The molecule has 1 unspecified atom stereocenters. The first-order chi connectivity index (χ1) is 24.3. The zero-order chi connectivity index (χ0) is 37.2. The van der Waals surface area contributed by atoms with Crippen LogP contribution >= 0.6 is 0 Å². The number of aliphatic carboxylic acids is 1. The van der Waals surface area contributed by atoms with Gasteiger partial charge < -0.3 is 34.9 Å². The van der Waals surface area contributed by atoms with Gasteiger partial charge in [0.2, 0.25) is 5.91 Å². The van der Waals surface area contributed by atoms with Crippen molar-refractivity contribution in [2.45, 2.75) is 71.4 Å². The van der Waals surface area contributed by atoms with Crippen LogP contribution in [0.1, 0.15) is 51.2 Å². The minimum absolute atomic E-state index is 0.00213. The maximum absolute atomic E-state index is 13.3. The molecule has 51 heavy (non-hydrogen) atoms. The Kier molecular flexibility index (Phi) is 15.4. The lowest BCUT2D eigenvalue weighted by Crippen LogP contribution is -2.49. The number of unbranched alkanes of at least 4 members (excludes halogenated alkanes) is 1. The summed E-state index contributed by atoms with van der Waals surface area (Å²) in [6.45, 7) is 3.96. The van der Waals surface area contributed by atoms with Crippen LogP contribution in [-0.2, 0) is 43.6 Å². The van der Waals surface area contributed by atoms with Crippen LogP contribution in [0.3, 0.4) is 0 Å². The van der Waals surface area contributed by atoms with Gasteiger partial charge in [-0.1, -0.05) is 60.7 Å². The number of rotatable bonds is 17. The van der Waals surface area contributed by atoms with Crippen LogP contribution in [0.2, 0.25) is 0 Å². The largest absolute Gasteiger partial charge is 0.480 e. The van der Waals surface area contributed by atoms with Gasteiger partial charge in [-0.25, -0.2) is 19.2 Å². The highest BCUT2D eigenvalue weighted by molar-refractivity contribution is 5.83. The molecule has 16 nitrogen and oxygen atoms in total. The second-order valence-electron chi connectivity index (χ2n) is 12.4. The molecule has 0 aliphatic carbocycles. The predicted molar refractivity (Wildman–Crippen MR) is 185 cm³/mol. The SMILES string of the molecule is CC(C)(C)OC(=O)NC(CCCCNC(=O)OCc1ccccc1)CN(CC(=O)O)C(=O)Cn1ccc(NC(=O)OCc2ccccc2)nc1=O. The summed E-state index contributed by atoms with van der Waals surface area (Å²) in [7, 11) is 0. The van der Waals surface area contributed by atoms with E-state index in [1.807, 2.05) is 36.4 Å². The molecule has 0 fully saturated rings. The second kappa shape index (κ2) is 19.9. The summed E-state index contributed by atoms with van der Waals surface area (Å²) in [5, 5.41) is 17.3. The number of nitrogens with zero attached hydrogens (tertiary/aromatic N) is 3. The molecule has 0 aliphatic heterocycles. The lowest BCUT2D eigenvalue weighted by atomic mass is 10.1. The summed E-state index contributed by atoms with van der Waals surface area (Å²) in [6, 6.07) is 18.7. The monoisotopic (exact) mass is 708 g/mol. The van der Waals surface area contributed by atoms with Crippen molar-refractivity contribution in [3.8, 4) is 0 Å². The number of carboxylic acid groups (broad SMARTS) is 1. The first-order valence-electron chi connectivity index (χ1n) is 16.3. The molecular weight excluding hydrogens is 664 g/mol. The second-order valence-corrected chi connectivity index (χ2v) is 12.4. The highest BCUT2D eigenvalue weighted by atomic mass is 16.6. The molecule has 0 saturated heterocycles. The van der Waals surface area contributed by atoms with E-state index in [0.717, 1.165) is 20.6 Å².